The summed E-state index contributed by atoms with van der Waals surface area (Å²) in [5, 5.41) is 3.82. The van der Waals surface area contributed by atoms with Crippen molar-refractivity contribution in [2.75, 3.05) is 14.1 Å². The lowest BCUT2D eigenvalue weighted by Crippen LogP contribution is -2.23. The number of aromatic nitrogens is 1. The van der Waals surface area contributed by atoms with E-state index in [1.807, 2.05) is 11.4 Å². The van der Waals surface area contributed by atoms with Gasteiger partial charge in [-0.25, -0.2) is 4.98 Å². The van der Waals surface area contributed by atoms with Crippen molar-refractivity contribution in [2.24, 2.45) is 0 Å². The van der Waals surface area contributed by atoms with Crippen LogP contribution in [0, 0.1) is 0 Å². The Balaban J connectivity index is 2.23. The Hall–Kier alpha value is -1.10. The van der Waals surface area contributed by atoms with Crippen LogP contribution in [0.25, 0.3) is 11.3 Å². The third kappa shape index (κ3) is 3.47. The normalized spacial score (nSPS) is 10.5. The molecule has 0 N–H and O–H groups in total. The molecule has 0 saturated heterocycles. The Kier molecular flexibility index (Phi) is 4.45. The first-order valence-electron chi connectivity index (χ1n) is 5.57. The standard InChI is InChI=1S/C13H12Cl2N2OS/c1-17(2)13(18)6-12-16-11(7-19-12)9-4-3-8(14)5-10(9)15/h3-5,7H,6H2,1-2H3. The van der Waals surface area contributed by atoms with Gasteiger partial charge in [0.2, 0.25) is 5.91 Å². The van der Waals surface area contributed by atoms with Gasteiger partial charge in [-0.1, -0.05) is 23.2 Å². The topological polar surface area (TPSA) is 33.2 Å². The molecule has 6 heteroatoms. The van der Waals surface area contributed by atoms with E-state index in [2.05, 4.69) is 4.98 Å². The number of hydrogen-bond acceptors (Lipinski definition) is 3. The Morgan fingerprint density at radius 3 is 2.74 bits per heavy atom. The Bertz CT molecular complexity index is 610. The first kappa shape index (κ1) is 14.3. The van der Waals surface area contributed by atoms with Gasteiger partial charge in [0.25, 0.3) is 0 Å². The summed E-state index contributed by atoms with van der Waals surface area (Å²) in [6, 6.07) is 5.28. The first-order chi connectivity index (χ1) is 8.97. The molecule has 0 fully saturated rings. The monoisotopic (exact) mass is 314 g/mol. The van der Waals surface area contributed by atoms with Crippen molar-refractivity contribution >= 4 is 40.4 Å². The summed E-state index contributed by atoms with van der Waals surface area (Å²) in [6.45, 7) is 0. The summed E-state index contributed by atoms with van der Waals surface area (Å²) in [4.78, 5) is 17.6. The minimum atomic E-state index is 0.0307. The smallest absolute Gasteiger partial charge is 0.228 e. The highest BCUT2D eigenvalue weighted by atomic mass is 35.5. The lowest BCUT2D eigenvalue weighted by Gasteiger charge is -2.07. The number of thiazole rings is 1. The first-order valence-corrected chi connectivity index (χ1v) is 7.21. The average molecular weight is 315 g/mol. The van der Waals surface area contributed by atoms with Crippen molar-refractivity contribution in [3.05, 3.63) is 38.6 Å². The second-order valence-electron chi connectivity index (χ2n) is 4.22. The molecule has 0 aliphatic carbocycles. The minimum Gasteiger partial charge on any atom is -0.348 e. The van der Waals surface area contributed by atoms with Gasteiger partial charge in [-0.05, 0) is 18.2 Å². The van der Waals surface area contributed by atoms with E-state index in [1.54, 1.807) is 31.1 Å². The molecule has 1 aromatic carbocycles. The van der Waals surface area contributed by atoms with Gasteiger partial charge in [0, 0.05) is 30.1 Å². The molecule has 0 aliphatic heterocycles. The largest absolute Gasteiger partial charge is 0.348 e. The van der Waals surface area contributed by atoms with Crippen LogP contribution in [0.4, 0.5) is 0 Å². The summed E-state index contributed by atoms with van der Waals surface area (Å²) in [5.74, 6) is 0.0307. The highest BCUT2D eigenvalue weighted by Crippen LogP contribution is 2.31. The van der Waals surface area contributed by atoms with Crippen LogP contribution in [0.3, 0.4) is 0 Å². The molecule has 2 aromatic rings. The van der Waals surface area contributed by atoms with Crippen LogP contribution >= 0.6 is 34.5 Å². The molecule has 0 spiro atoms. The van der Waals surface area contributed by atoms with Gasteiger partial charge in [0.1, 0.15) is 5.01 Å². The van der Waals surface area contributed by atoms with Crippen molar-refractivity contribution in [1.29, 1.82) is 0 Å². The molecule has 2 rings (SSSR count). The van der Waals surface area contributed by atoms with Crippen molar-refractivity contribution in [3.63, 3.8) is 0 Å². The fourth-order valence-electron chi connectivity index (χ4n) is 1.50. The van der Waals surface area contributed by atoms with E-state index >= 15 is 0 Å². The Morgan fingerprint density at radius 1 is 1.37 bits per heavy atom. The van der Waals surface area contributed by atoms with Crippen LogP contribution in [0.2, 0.25) is 10.0 Å². The molecule has 100 valence electrons. The third-order valence-electron chi connectivity index (χ3n) is 2.56. The fourth-order valence-corrected chi connectivity index (χ4v) is 2.79. The summed E-state index contributed by atoms with van der Waals surface area (Å²) in [5.41, 5.74) is 1.60. The van der Waals surface area contributed by atoms with Gasteiger partial charge in [-0.15, -0.1) is 11.3 Å². The van der Waals surface area contributed by atoms with E-state index in [4.69, 9.17) is 23.2 Å². The second-order valence-corrected chi connectivity index (χ2v) is 6.00. The van der Waals surface area contributed by atoms with Crippen LogP contribution in [0.1, 0.15) is 5.01 Å². The maximum Gasteiger partial charge on any atom is 0.228 e. The number of nitrogens with zero attached hydrogens (tertiary/aromatic N) is 2. The lowest BCUT2D eigenvalue weighted by molar-refractivity contribution is -0.127. The van der Waals surface area contributed by atoms with Crippen molar-refractivity contribution < 1.29 is 4.79 Å². The highest BCUT2D eigenvalue weighted by molar-refractivity contribution is 7.10. The SMILES string of the molecule is CN(C)C(=O)Cc1nc(-c2ccc(Cl)cc2Cl)cs1. The van der Waals surface area contributed by atoms with Crippen molar-refractivity contribution in [3.8, 4) is 11.3 Å². The number of rotatable bonds is 3. The third-order valence-corrected chi connectivity index (χ3v) is 3.96. The minimum absolute atomic E-state index is 0.0307. The summed E-state index contributed by atoms with van der Waals surface area (Å²) >= 11 is 13.4. The van der Waals surface area contributed by atoms with E-state index in [-0.39, 0.29) is 5.91 Å². The van der Waals surface area contributed by atoms with Crippen LogP contribution < -0.4 is 0 Å². The molecule has 1 heterocycles. The quantitative estimate of drug-likeness (QED) is 0.864. The van der Waals surface area contributed by atoms with Crippen LogP contribution in [0.15, 0.2) is 23.6 Å². The number of amides is 1. The van der Waals surface area contributed by atoms with Gasteiger partial charge >= 0.3 is 0 Å². The summed E-state index contributed by atoms with van der Waals surface area (Å²) in [7, 11) is 3.46. The van der Waals surface area contributed by atoms with Gasteiger partial charge in [-0.3, -0.25) is 4.79 Å². The number of hydrogen-bond donors (Lipinski definition) is 0. The number of benzene rings is 1. The summed E-state index contributed by atoms with van der Waals surface area (Å²) < 4.78 is 0. The molecule has 0 radical (unpaired) electrons. The average Bonchev–Trinajstić information content (AvgIpc) is 2.77. The van der Waals surface area contributed by atoms with Gasteiger partial charge in [0.15, 0.2) is 0 Å². The van der Waals surface area contributed by atoms with Crippen molar-refractivity contribution in [2.45, 2.75) is 6.42 Å². The molecule has 0 aliphatic rings. The lowest BCUT2D eigenvalue weighted by atomic mass is 10.2. The summed E-state index contributed by atoms with van der Waals surface area (Å²) in [6.07, 6.45) is 0.308. The van der Waals surface area contributed by atoms with E-state index in [0.29, 0.717) is 16.5 Å². The Morgan fingerprint density at radius 2 is 2.11 bits per heavy atom. The zero-order valence-electron chi connectivity index (χ0n) is 10.5. The van der Waals surface area contributed by atoms with Crippen LogP contribution in [0.5, 0.6) is 0 Å². The van der Waals surface area contributed by atoms with E-state index in [9.17, 15) is 4.79 Å². The van der Waals surface area contributed by atoms with Crippen molar-refractivity contribution in [1.82, 2.24) is 9.88 Å². The molecule has 3 nitrogen and oxygen atoms in total. The number of carbonyl (C=O) groups excluding carboxylic acids is 1. The molecule has 0 unspecified atom stereocenters. The van der Waals surface area contributed by atoms with Crippen LogP contribution in [-0.2, 0) is 11.2 Å². The maximum absolute atomic E-state index is 11.6. The molecule has 0 bridgehead atoms. The maximum atomic E-state index is 11.6. The van der Waals surface area contributed by atoms with Gasteiger partial charge < -0.3 is 4.90 Å². The molecular formula is C13H12Cl2N2OS. The zero-order chi connectivity index (χ0) is 14.0. The molecule has 1 amide bonds. The highest BCUT2D eigenvalue weighted by Gasteiger charge is 2.12. The molecular weight excluding hydrogens is 303 g/mol. The molecule has 0 saturated carbocycles. The molecule has 1 aromatic heterocycles. The molecule has 19 heavy (non-hydrogen) atoms. The number of carbonyl (C=O) groups is 1. The second kappa shape index (κ2) is 5.90. The Labute approximate surface area is 125 Å². The number of halogens is 2. The van der Waals surface area contributed by atoms with E-state index in [0.717, 1.165) is 16.3 Å². The fraction of sp³-hybridized carbons (Fsp3) is 0.231. The van der Waals surface area contributed by atoms with Gasteiger partial charge in [0.05, 0.1) is 17.1 Å². The van der Waals surface area contributed by atoms with Gasteiger partial charge in [-0.2, -0.15) is 0 Å². The molecule has 0 atom stereocenters. The predicted octanol–water partition coefficient (Wildman–Crippen LogP) is 3.75. The zero-order valence-corrected chi connectivity index (χ0v) is 12.8. The predicted molar refractivity (Wildman–Crippen MR) is 80.0 cm³/mol. The number of likely N-dealkylation sites (N-methyl/N-ethyl adjacent to an activating group) is 1. The van der Waals surface area contributed by atoms with E-state index in [1.165, 1.54) is 11.3 Å². The van der Waals surface area contributed by atoms with E-state index < -0.39 is 0 Å². The van der Waals surface area contributed by atoms with Crippen LogP contribution in [-0.4, -0.2) is 29.9 Å².